The molecule has 0 bridgehead atoms. The summed E-state index contributed by atoms with van der Waals surface area (Å²) in [6.45, 7) is 3.99. The zero-order valence-corrected chi connectivity index (χ0v) is 11.1. The van der Waals surface area contributed by atoms with Gasteiger partial charge in [0.05, 0.1) is 5.69 Å². The number of nitrogens with zero attached hydrogens (tertiary/aromatic N) is 3. The predicted octanol–water partition coefficient (Wildman–Crippen LogP) is 1.63. The number of hydrogen-bond acceptors (Lipinski definition) is 5. The van der Waals surface area contributed by atoms with E-state index in [1.165, 1.54) is 16.3 Å². The second kappa shape index (κ2) is 5.22. The average Bonchev–Trinajstić information content (AvgIpc) is 2.31. The number of nitrogens with two attached hydrogens (primary N) is 1. The van der Waals surface area contributed by atoms with Crippen LogP contribution in [-0.4, -0.2) is 20.3 Å². The van der Waals surface area contributed by atoms with Crippen molar-refractivity contribution in [3.63, 3.8) is 0 Å². The van der Waals surface area contributed by atoms with Gasteiger partial charge in [0.15, 0.2) is 5.16 Å². The van der Waals surface area contributed by atoms with Crippen molar-refractivity contribution in [3.8, 4) is 5.69 Å². The maximum absolute atomic E-state index is 11.9. The van der Waals surface area contributed by atoms with E-state index in [1.54, 1.807) is 0 Å². The maximum atomic E-state index is 11.9. The first-order chi connectivity index (χ1) is 8.61. The van der Waals surface area contributed by atoms with Gasteiger partial charge in [0.25, 0.3) is 0 Å². The van der Waals surface area contributed by atoms with Crippen molar-refractivity contribution in [2.75, 3.05) is 11.5 Å². The molecule has 1 aromatic carbocycles. The van der Waals surface area contributed by atoms with E-state index in [0.29, 0.717) is 5.16 Å². The zero-order chi connectivity index (χ0) is 13.1. The molecular weight excluding hydrogens is 248 g/mol. The molecule has 0 unspecified atom stereocenters. The van der Waals surface area contributed by atoms with E-state index in [1.807, 2.05) is 38.1 Å². The first-order valence-corrected chi connectivity index (χ1v) is 6.56. The molecule has 0 aliphatic carbocycles. The lowest BCUT2D eigenvalue weighted by atomic mass is 10.2. The van der Waals surface area contributed by atoms with Gasteiger partial charge in [-0.2, -0.15) is 9.97 Å². The van der Waals surface area contributed by atoms with Gasteiger partial charge in [-0.1, -0.05) is 36.4 Å². The van der Waals surface area contributed by atoms with Crippen LogP contribution in [0.25, 0.3) is 5.69 Å². The number of aryl methyl sites for hydroxylation is 1. The molecule has 0 aliphatic heterocycles. The molecule has 5 nitrogen and oxygen atoms in total. The van der Waals surface area contributed by atoms with Crippen LogP contribution in [0.1, 0.15) is 12.5 Å². The molecule has 1 aromatic heterocycles. The van der Waals surface area contributed by atoms with Gasteiger partial charge < -0.3 is 5.73 Å². The maximum Gasteiger partial charge on any atom is 0.357 e. The Balaban J connectivity index is 2.61. The fraction of sp³-hybridized carbons (Fsp3) is 0.250. The van der Waals surface area contributed by atoms with Crippen molar-refractivity contribution in [1.82, 2.24) is 14.5 Å². The number of aromatic nitrogens is 3. The van der Waals surface area contributed by atoms with E-state index < -0.39 is 5.69 Å². The molecule has 0 amide bonds. The van der Waals surface area contributed by atoms with E-state index in [0.717, 1.165) is 17.0 Å². The Labute approximate surface area is 109 Å². The molecule has 94 valence electrons. The number of thioether (sulfide) groups is 1. The summed E-state index contributed by atoms with van der Waals surface area (Å²) in [5.74, 6) is 0.821. The van der Waals surface area contributed by atoms with Gasteiger partial charge in [0.2, 0.25) is 5.95 Å². The van der Waals surface area contributed by atoms with Crippen molar-refractivity contribution >= 4 is 17.7 Å². The van der Waals surface area contributed by atoms with Crippen LogP contribution in [0.5, 0.6) is 0 Å². The Morgan fingerprint density at radius 1 is 1.28 bits per heavy atom. The standard InChI is InChI=1S/C12H14N4OS/c1-3-18-12-15-10(13)14-11(17)16(12)9-6-4-8(2)5-7-9/h4-7H,3H2,1-2H3,(H2,13,14,17). The van der Waals surface area contributed by atoms with Crippen LogP contribution in [0.2, 0.25) is 0 Å². The average molecular weight is 262 g/mol. The zero-order valence-electron chi connectivity index (χ0n) is 10.3. The van der Waals surface area contributed by atoms with Crippen molar-refractivity contribution in [2.45, 2.75) is 19.0 Å². The van der Waals surface area contributed by atoms with Gasteiger partial charge in [0.1, 0.15) is 0 Å². The minimum Gasteiger partial charge on any atom is -0.368 e. The van der Waals surface area contributed by atoms with Gasteiger partial charge in [-0.15, -0.1) is 0 Å². The first kappa shape index (κ1) is 12.6. The second-order valence-electron chi connectivity index (χ2n) is 3.75. The summed E-state index contributed by atoms with van der Waals surface area (Å²) in [7, 11) is 0. The van der Waals surface area contributed by atoms with E-state index in [9.17, 15) is 4.79 Å². The highest BCUT2D eigenvalue weighted by molar-refractivity contribution is 7.99. The van der Waals surface area contributed by atoms with Crippen LogP contribution in [0.3, 0.4) is 0 Å². The molecule has 0 atom stereocenters. The van der Waals surface area contributed by atoms with E-state index in [2.05, 4.69) is 9.97 Å². The van der Waals surface area contributed by atoms with Gasteiger partial charge in [-0.3, -0.25) is 0 Å². The van der Waals surface area contributed by atoms with E-state index in [4.69, 9.17) is 5.73 Å². The third-order valence-electron chi connectivity index (χ3n) is 2.37. The van der Waals surface area contributed by atoms with Gasteiger partial charge in [-0.05, 0) is 24.8 Å². The van der Waals surface area contributed by atoms with Gasteiger partial charge in [-0.25, -0.2) is 9.36 Å². The highest BCUT2D eigenvalue weighted by Gasteiger charge is 2.10. The van der Waals surface area contributed by atoms with Crippen molar-refractivity contribution in [2.24, 2.45) is 0 Å². The molecule has 2 aromatic rings. The Bertz CT molecular complexity index is 606. The summed E-state index contributed by atoms with van der Waals surface area (Å²) in [5.41, 5.74) is 6.99. The highest BCUT2D eigenvalue weighted by atomic mass is 32.2. The molecule has 0 saturated carbocycles. The molecule has 0 fully saturated rings. The largest absolute Gasteiger partial charge is 0.368 e. The van der Waals surface area contributed by atoms with Gasteiger partial charge in [0, 0.05) is 0 Å². The Kier molecular flexibility index (Phi) is 3.66. The molecule has 0 radical (unpaired) electrons. The normalized spacial score (nSPS) is 10.6. The minimum absolute atomic E-state index is 0.0133. The third-order valence-corrected chi connectivity index (χ3v) is 3.19. The minimum atomic E-state index is -0.401. The van der Waals surface area contributed by atoms with Crippen LogP contribution in [0.15, 0.2) is 34.2 Å². The molecule has 6 heteroatoms. The SMILES string of the molecule is CCSc1nc(N)nc(=O)n1-c1ccc(C)cc1. The Morgan fingerprint density at radius 3 is 2.56 bits per heavy atom. The van der Waals surface area contributed by atoms with Crippen LogP contribution in [-0.2, 0) is 0 Å². The summed E-state index contributed by atoms with van der Waals surface area (Å²) >= 11 is 1.46. The summed E-state index contributed by atoms with van der Waals surface area (Å²) in [6.07, 6.45) is 0. The molecule has 2 rings (SSSR count). The third kappa shape index (κ3) is 2.53. The molecule has 18 heavy (non-hydrogen) atoms. The molecule has 0 saturated heterocycles. The lowest BCUT2D eigenvalue weighted by molar-refractivity contribution is 0.753. The molecule has 0 spiro atoms. The van der Waals surface area contributed by atoms with Crippen molar-refractivity contribution in [1.29, 1.82) is 0 Å². The Morgan fingerprint density at radius 2 is 1.94 bits per heavy atom. The number of hydrogen-bond donors (Lipinski definition) is 1. The van der Waals surface area contributed by atoms with Crippen LogP contribution in [0.4, 0.5) is 5.95 Å². The Hall–Kier alpha value is -1.82. The smallest absolute Gasteiger partial charge is 0.357 e. The molecule has 2 N–H and O–H groups in total. The van der Waals surface area contributed by atoms with Crippen LogP contribution < -0.4 is 11.4 Å². The van der Waals surface area contributed by atoms with Crippen molar-refractivity contribution < 1.29 is 0 Å². The predicted molar refractivity (Wildman–Crippen MR) is 73.2 cm³/mol. The summed E-state index contributed by atoms with van der Waals surface area (Å²) in [6, 6.07) is 7.63. The fourth-order valence-electron chi connectivity index (χ4n) is 1.54. The van der Waals surface area contributed by atoms with Crippen LogP contribution in [0, 0.1) is 6.92 Å². The fourth-order valence-corrected chi connectivity index (χ4v) is 2.27. The second-order valence-corrected chi connectivity index (χ2v) is 4.98. The topological polar surface area (TPSA) is 73.8 Å². The summed E-state index contributed by atoms with van der Waals surface area (Å²) in [4.78, 5) is 19.7. The van der Waals surface area contributed by atoms with Gasteiger partial charge >= 0.3 is 5.69 Å². The number of rotatable bonds is 3. The number of benzene rings is 1. The quantitative estimate of drug-likeness (QED) is 0.851. The monoisotopic (exact) mass is 262 g/mol. The summed E-state index contributed by atoms with van der Waals surface area (Å²) < 4.78 is 1.48. The van der Waals surface area contributed by atoms with E-state index >= 15 is 0 Å². The highest BCUT2D eigenvalue weighted by Crippen LogP contribution is 2.18. The molecule has 1 heterocycles. The van der Waals surface area contributed by atoms with Crippen LogP contribution >= 0.6 is 11.8 Å². The van der Waals surface area contributed by atoms with Crippen molar-refractivity contribution in [3.05, 3.63) is 40.3 Å². The van der Waals surface area contributed by atoms with E-state index in [-0.39, 0.29) is 5.95 Å². The molecular formula is C12H14N4OS. The lowest BCUT2D eigenvalue weighted by Crippen LogP contribution is -2.25. The number of nitrogen functional groups attached to an aromatic ring is 1. The molecule has 0 aliphatic rings. The summed E-state index contributed by atoms with van der Waals surface area (Å²) in [5, 5.41) is 0.568. The first-order valence-electron chi connectivity index (χ1n) is 5.58. The number of anilines is 1. The lowest BCUT2D eigenvalue weighted by Gasteiger charge is -2.10.